The number of methoxy groups -OCH3 is 2. The van der Waals surface area contributed by atoms with Gasteiger partial charge in [0.15, 0.2) is 0 Å². The molecule has 3 rings (SSSR count). The maximum Gasteiger partial charge on any atom is 0.253 e. The Morgan fingerprint density at radius 2 is 1.93 bits per heavy atom. The largest absolute Gasteiger partial charge is 0.497 e. The monoisotopic (exact) mass is 369 g/mol. The van der Waals surface area contributed by atoms with Gasteiger partial charge in [-0.1, -0.05) is 18.6 Å². The van der Waals surface area contributed by atoms with E-state index in [1.165, 1.54) is 0 Å². The number of aliphatic hydroxyl groups excluding tert-OH is 1. The molecule has 1 saturated carbocycles. The summed E-state index contributed by atoms with van der Waals surface area (Å²) in [7, 11) is 5.05. The van der Waals surface area contributed by atoms with Gasteiger partial charge in [-0.3, -0.25) is 4.79 Å². The minimum Gasteiger partial charge on any atom is -0.497 e. The zero-order valence-electron chi connectivity index (χ0n) is 16.2. The molecule has 0 radical (unpaired) electrons. The Balaban J connectivity index is 1.86. The Morgan fingerprint density at radius 3 is 2.52 bits per heavy atom. The fourth-order valence-electron chi connectivity index (χ4n) is 3.70. The zero-order valence-corrected chi connectivity index (χ0v) is 16.2. The summed E-state index contributed by atoms with van der Waals surface area (Å²) in [5.41, 5.74) is 2.26. The maximum absolute atomic E-state index is 12.9. The highest BCUT2D eigenvalue weighted by Gasteiger charge is 2.38. The molecule has 5 nitrogen and oxygen atoms in total. The van der Waals surface area contributed by atoms with Gasteiger partial charge in [0, 0.05) is 30.1 Å². The fourth-order valence-corrected chi connectivity index (χ4v) is 3.70. The highest BCUT2D eigenvalue weighted by Crippen LogP contribution is 2.41. The van der Waals surface area contributed by atoms with Gasteiger partial charge in [0.1, 0.15) is 11.5 Å². The smallest absolute Gasteiger partial charge is 0.253 e. The summed E-state index contributed by atoms with van der Waals surface area (Å²) < 4.78 is 10.8. The molecule has 0 aliphatic heterocycles. The first-order valence-corrected chi connectivity index (χ1v) is 9.21. The third-order valence-electron chi connectivity index (χ3n) is 5.50. The molecule has 5 heteroatoms. The van der Waals surface area contributed by atoms with Gasteiger partial charge in [0.2, 0.25) is 0 Å². The second-order valence-corrected chi connectivity index (χ2v) is 7.32. The van der Waals surface area contributed by atoms with Gasteiger partial charge >= 0.3 is 0 Å². The van der Waals surface area contributed by atoms with Crippen molar-refractivity contribution in [3.05, 3.63) is 48.0 Å². The third kappa shape index (κ3) is 3.93. The normalized spacial score (nSPS) is 15.0. The van der Waals surface area contributed by atoms with Crippen molar-refractivity contribution >= 4 is 5.91 Å². The van der Waals surface area contributed by atoms with E-state index in [4.69, 9.17) is 9.47 Å². The molecule has 1 amide bonds. The lowest BCUT2D eigenvalue weighted by Crippen LogP contribution is -2.45. The zero-order chi connectivity index (χ0) is 19.4. The van der Waals surface area contributed by atoms with E-state index >= 15 is 0 Å². The SMILES string of the molecule is COc1ccc(OC)c(-c2cccc(C(=O)N(C)CC3(CO)CCC3)c2)c1. The average molecular weight is 369 g/mol. The molecule has 27 heavy (non-hydrogen) atoms. The van der Waals surface area contributed by atoms with E-state index in [1.807, 2.05) is 42.5 Å². The molecular weight excluding hydrogens is 342 g/mol. The summed E-state index contributed by atoms with van der Waals surface area (Å²) in [5.74, 6) is 1.41. The second kappa shape index (κ2) is 8.01. The van der Waals surface area contributed by atoms with E-state index in [2.05, 4.69) is 0 Å². The molecular formula is C22H27NO4. The molecule has 1 fully saturated rings. The molecule has 144 valence electrons. The van der Waals surface area contributed by atoms with Gasteiger partial charge in [-0.05, 0) is 48.7 Å². The Labute approximate surface area is 160 Å². The first-order valence-electron chi connectivity index (χ1n) is 9.21. The Morgan fingerprint density at radius 1 is 1.15 bits per heavy atom. The molecule has 0 unspecified atom stereocenters. The van der Waals surface area contributed by atoms with Gasteiger partial charge in [-0.15, -0.1) is 0 Å². The van der Waals surface area contributed by atoms with Crippen LogP contribution in [0.3, 0.4) is 0 Å². The van der Waals surface area contributed by atoms with E-state index in [-0.39, 0.29) is 17.9 Å². The number of hydrogen-bond donors (Lipinski definition) is 1. The number of benzene rings is 2. The van der Waals surface area contributed by atoms with Crippen LogP contribution in [0, 0.1) is 5.41 Å². The first-order chi connectivity index (χ1) is 13.0. The Kier molecular flexibility index (Phi) is 5.71. The van der Waals surface area contributed by atoms with Gasteiger partial charge in [-0.2, -0.15) is 0 Å². The predicted octanol–water partition coefficient (Wildman–Crippen LogP) is 3.61. The number of hydrogen-bond acceptors (Lipinski definition) is 4. The van der Waals surface area contributed by atoms with Crippen molar-refractivity contribution in [3.8, 4) is 22.6 Å². The fraction of sp³-hybridized carbons (Fsp3) is 0.409. The van der Waals surface area contributed by atoms with Crippen LogP contribution < -0.4 is 9.47 Å². The average Bonchev–Trinajstić information content (AvgIpc) is 2.69. The van der Waals surface area contributed by atoms with Gasteiger partial charge in [0.25, 0.3) is 5.91 Å². The number of aliphatic hydroxyl groups is 1. The van der Waals surface area contributed by atoms with E-state index in [9.17, 15) is 9.90 Å². The Bertz CT molecular complexity index is 808. The number of carbonyl (C=O) groups excluding carboxylic acids is 1. The van der Waals surface area contributed by atoms with Crippen LogP contribution in [0.15, 0.2) is 42.5 Å². The molecule has 2 aromatic carbocycles. The lowest BCUT2D eigenvalue weighted by atomic mass is 9.69. The van der Waals surface area contributed by atoms with Crippen LogP contribution in [0.2, 0.25) is 0 Å². The Hall–Kier alpha value is -2.53. The highest BCUT2D eigenvalue weighted by atomic mass is 16.5. The lowest BCUT2D eigenvalue weighted by Gasteiger charge is -2.42. The van der Waals surface area contributed by atoms with E-state index < -0.39 is 0 Å². The highest BCUT2D eigenvalue weighted by molar-refractivity contribution is 5.95. The number of nitrogens with zero attached hydrogens (tertiary/aromatic N) is 1. The van der Waals surface area contributed by atoms with Crippen molar-refractivity contribution < 1.29 is 19.4 Å². The van der Waals surface area contributed by atoms with Crippen molar-refractivity contribution in [1.29, 1.82) is 0 Å². The van der Waals surface area contributed by atoms with Crippen LogP contribution in [0.5, 0.6) is 11.5 Å². The van der Waals surface area contributed by atoms with Crippen LogP contribution >= 0.6 is 0 Å². The third-order valence-corrected chi connectivity index (χ3v) is 5.50. The van der Waals surface area contributed by atoms with E-state index in [1.54, 1.807) is 26.2 Å². The van der Waals surface area contributed by atoms with Gasteiger partial charge in [-0.25, -0.2) is 0 Å². The molecule has 0 heterocycles. The van der Waals surface area contributed by atoms with Gasteiger partial charge in [0.05, 0.1) is 20.8 Å². The molecule has 0 bridgehead atoms. The number of ether oxygens (including phenoxy) is 2. The quantitative estimate of drug-likeness (QED) is 0.810. The number of amides is 1. The van der Waals surface area contributed by atoms with E-state index in [0.29, 0.717) is 12.1 Å². The van der Waals surface area contributed by atoms with Crippen molar-refractivity contribution in [1.82, 2.24) is 4.90 Å². The maximum atomic E-state index is 12.9. The van der Waals surface area contributed by atoms with Crippen LogP contribution in [0.4, 0.5) is 0 Å². The standard InChI is InChI=1S/C22H27NO4/c1-23(14-22(15-24)10-5-11-22)21(25)17-7-4-6-16(12-17)19-13-18(26-2)8-9-20(19)27-3/h4,6-9,12-13,24H,5,10-11,14-15H2,1-3H3. The topological polar surface area (TPSA) is 59.0 Å². The lowest BCUT2D eigenvalue weighted by molar-refractivity contribution is 0.0146. The summed E-state index contributed by atoms with van der Waals surface area (Å²) in [5, 5.41) is 9.67. The van der Waals surface area contributed by atoms with E-state index in [0.717, 1.165) is 41.9 Å². The van der Waals surface area contributed by atoms with Gasteiger partial charge < -0.3 is 19.5 Å². The molecule has 2 aromatic rings. The minimum atomic E-state index is -0.127. The van der Waals surface area contributed by atoms with Crippen molar-refractivity contribution in [2.45, 2.75) is 19.3 Å². The minimum absolute atomic E-state index is 0.0431. The summed E-state index contributed by atoms with van der Waals surface area (Å²) in [4.78, 5) is 14.6. The summed E-state index contributed by atoms with van der Waals surface area (Å²) in [6.07, 6.45) is 3.07. The predicted molar refractivity (Wildman–Crippen MR) is 105 cm³/mol. The van der Waals surface area contributed by atoms with Crippen molar-refractivity contribution in [2.75, 3.05) is 34.4 Å². The number of rotatable bonds is 7. The summed E-state index contributed by atoms with van der Waals surface area (Å²) in [6, 6.07) is 13.1. The molecule has 1 aliphatic rings. The van der Waals surface area contributed by atoms with Crippen LogP contribution in [0.1, 0.15) is 29.6 Å². The van der Waals surface area contributed by atoms with Crippen molar-refractivity contribution in [2.24, 2.45) is 5.41 Å². The molecule has 0 atom stereocenters. The van der Waals surface area contributed by atoms with Crippen LogP contribution in [0.25, 0.3) is 11.1 Å². The summed E-state index contributed by atoms with van der Waals surface area (Å²) in [6.45, 7) is 0.709. The number of carbonyl (C=O) groups is 1. The van der Waals surface area contributed by atoms with Crippen molar-refractivity contribution in [3.63, 3.8) is 0 Å². The molecule has 0 saturated heterocycles. The van der Waals surface area contributed by atoms with Crippen LogP contribution in [-0.2, 0) is 0 Å². The molecule has 1 N–H and O–H groups in total. The molecule has 1 aliphatic carbocycles. The second-order valence-electron chi connectivity index (χ2n) is 7.32. The molecule has 0 aromatic heterocycles. The van der Waals surface area contributed by atoms with Crippen LogP contribution in [-0.4, -0.2) is 50.3 Å². The summed E-state index contributed by atoms with van der Waals surface area (Å²) >= 11 is 0. The first kappa shape index (κ1) is 19.2. The molecule has 0 spiro atoms.